The average molecular weight is 281 g/mol. The SMILES string of the molecule is CCc1ccc(COc2c(C)cccc2CCl)s1. The van der Waals surface area contributed by atoms with E-state index in [0.29, 0.717) is 12.5 Å². The largest absolute Gasteiger partial charge is 0.487 e. The molecule has 0 radical (unpaired) electrons. The minimum atomic E-state index is 0.488. The maximum atomic E-state index is 5.93. The number of hydrogen-bond donors (Lipinski definition) is 0. The van der Waals surface area contributed by atoms with Crippen molar-refractivity contribution < 1.29 is 4.74 Å². The van der Waals surface area contributed by atoms with Gasteiger partial charge in [-0.1, -0.05) is 25.1 Å². The third kappa shape index (κ3) is 3.06. The summed E-state index contributed by atoms with van der Waals surface area (Å²) in [6.07, 6.45) is 1.09. The number of thiophene rings is 1. The second kappa shape index (κ2) is 6.26. The zero-order valence-electron chi connectivity index (χ0n) is 10.7. The van der Waals surface area contributed by atoms with E-state index in [1.807, 2.05) is 23.5 Å². The predicted octanol–water partition coefficient (Wildman–Crippen LogP) is 4.94. The predicted molar refractivity (Wildman–Crippen MR) is 78.8 cm³/mol. The Bertz CT molecular complexity index is 519. The second-order valence-corrected chi connectivity index (χ2v) is 5.73. The molecule has 0 N–H and O–H groups in total. The third-order valence-corrected chi connectivity index (χ3v) is 4.35. The van der Waals surface area contributed by atoms with Gasteiger partial charge in [0.25, 0.3) is 0 Å². The molecule has 0 aliphatic carbocycles. The molecule has 0 atom stereocenters. The highest BCUT2D eigenvalue weighted by molar-refractivity contribution is 7.11. The fraction of sp³-hybridized carbons (Fsp3) is 0.333. The van der Waals surface area contributed by atoms with Crippen molar-refractivity contribution in [2.45, 2.75) is 32.8 Å². The number of aryl methyl sites for hydroxylation is 2. The highest BCUT2D eigenvalue weighted by Gasteiger charge is 2.07. The molecule has 1 nitrogen and oxygen atoms in total. The molecule has 0 aliphatic heterocycles. The maximum absolute atomic E-state index is 5.93. The van der Waals surface area contributed by atoms with Gasteiger partial charge in [0.2, 0.25) is 0 Å². The lowest BCUT2D eigenvalue weighted by atomic mass is 10.1. The highest BCUT2D eigenvalue weighted by Crippen LogP contribution is 2.27. The summed E-state index contributed by atoms with van der Waals surface area (Å²) in [4.78, 5) is 2.66. The maximum Gasteiger partial charge on any atom is 0.127 e. The molecule has 2 aromatic rings. The van der Waals surface area contributed by atoms with E-state index in [-0.39, 0.29) is 0 Å². The van der Waals surface area contributed by atoms with Crippen LogP contribution in [-0.2, 0) is 18.9 Å². The molecule has 1 aromatic carbocycles. The van der Waals surface area contributed by atoms with Gasteiger partial charge >= 0.3 is 0 Å². The van der Waals surface area contributed by atoms with E-state index >= 15 is 0 Å². The summed E-state index contributed by atoms with van der Waals surface area (Å²) < 4.78 is 5.93. The van der Waals surface area contributed by atoms with E-state index in [2.05, 4.69) is 32.0 Å². The third-order valence-electron chi connectivity index (χ3n) is 2.86. The molecule has 0 unspecified atom stereocenters. The van der Waals surface area contributed by atoms with Crippen LogP contribution in [0.2, 0.25) is 0 Å². The number of ether oxygens (including phenoxy) is 1. The first kappa shape index (κ1) is 13.4. The van der Waals surface area contributed by atoms with Crippen LogP contribution in [0, 0.1) is 6.92 Å². The van der Waals surface area contributed by atoms with Crippen molar-refractivity contribution in [1.29, 1.82) is 0 Å². The number of hydrogen-bond acceptors (Lipinski definition) is 2. The molecule has 0 saturated heterocycles. The molecule has 18 heavy (non-hydrogen) atoms. The van der Waals surface area contributed by atoms with Gasteiger partial charge in [-0.3, -0.25) is 0 Å². The quantitative estimate of drug-likeness (QED) is 0.705. The number of benzene rings is 1. The zero-order chi connectivity index (χ0) is 13.0. The topological polar surface area (TPSA) is 9.23 Å². The molecule has 0 amide bonds. The van der Waals surface area contributed by atoms with Crippen LogP contribution in [0.3, 0.4) is 0 Å². The lowest BCUT2D eigenvalue weighted by molar-refractivity contribution is 0.305. The number of alkyl halides is 1. The molecule has 0 aliphatic rings. The summed E-state index contributed by atoms with van der Waals surface area (Å²) in [5, 5.41) is 0. The first-order chi connectivity index (χ1) is 8.74. The van der Waals surface area contributed by atoms with E-state index in [1.165, 1.54) is 9.75 Å². The Kier molecular flexibility index (Phi) is 4.67. The summed E-state index contributed by atoms with van der Waals surface area (Å²) >= 11 is 7.75. The highest BCUT2D eigenvalue weighted by atomic mass is 35.5. The van der Waals surface area contributed by atoms with E-state index in [0.717, 1.165) is 23.3 Å². The van der Waals surface area contributed by atoms with Crippen LogP contribution in [0.5, 0.6) is 5.75 Å². The first-order valence-electron chi connectivity index (χ1n) is 6.09. The van der Waals surface area contributed by atoms with Gasteiger partial charge in [0.1, 0.15) is 12.4 Å². The van der Waals surface area contributed by atoms with Crippen molar-refractivity contribution >= 4 is 22.9 Å². The van der Waals surface area contributed by atoms with Gasteiger partial charge in [-0.05, 0) is 31.0 Å². The van der Waals surface area contributed by atoms with Gasteiger partial charge in [-0.25, -0.2) is 0 Å². The molecule has 1 aromatic heterocycles. The Morgan fingerprint density at radius 1 is 1.17 bits per heavy atom. The van der Waals surface area contributed by atoms with Crippen molar-refractivity contribution in [2.75, 3.05) is 0 Å². The molecule has 0 spiro atoms. The van der Waals surface area contributed by atoms with Gasteiger partial charge in [0.15, 0.2) is 0 Å². The van der Waals surface area contributed by atoms with Crippen LogP contribution >= 0.6 is 22.9 Å². The van der Waals surface area contributed by atoms with Crippen molar-refractivity contribution in [3.05, 3.63) is 51.2 Å². The van der Waals surface area contributed by atoms with Crippen LogP contribution < -0.4 is 4.74 Å². The van der Waals surface area contributed by atoms with Crippen LogP contribution in [0.1, 0.15) is 27.8 Å². The molecule has 0 saturated carbocycles. The Labute approximate surface area is 117 Å². The molecule has 0 fully saturated rings. The van der Waals surface area contributed by atoms with E-state index < -0.39 is 0 Å². The fourth-order valence-corrected chi connectivity index (χ4v) is 2.94. The average Bonchev–Trinajstić information content (AvgIpc) is 2.85. The van der Waals surface area contributed by atoms with Crippen molar-refractivity contribution in [3.8, 4) is 5.75 Å². The van der Waals surface area contributed by atoms with E-state index in [4.69, 9.17) is 16.3 Å². The van der Waals surface area contributed by atoms with Crippen molar-refractivity contribution in [1.82, 2.24) is 0 Å². The number of halogens is 1. The van der Waals surface area contributed by atoms with E-state index in [1.54, 1.807) is 0 Å². The molecular formula is C15H17ClOS. The van der Waals surface area contributed by atoms with Crippen LogP contribution in [0.4, 0.5) is 0 Å². The van der Waals surface area contributed by atoms with Gasteiger partial charge in [0.05, 0.1) is 5.88 Å². The minimum Gasteiger partial charge on any atom is -0.487 e. The van der Waals surface area contributed by atoms with Crippen LogP contribution in [0.15, 0.2) is 30.3 Å². The molecule has 1 heterocycles. The summed E-state index contributed by atoms with van der Waals surface area (Å²) in [6.45, 7) is 4.85. The lowest BCUT2D eigenvalue weighted by Gasteiger charge is -2.11. The summed E-state index contributed by atoms with van der Waals surface area (Å²) in [5.74, 6) is 1.42. The number of rotatable bonds is 5. The molecule has 3 heteroatoms. The Morgan fingerprint density at radius 2 is 1.94 bits per heavy atom. The van der Waals surface area contributed by atoms with Crippen molar-refractivity contribution in [3.63, 3.8) is 0 Å². The minimum absolute atomic E-state index is 0.488. The van der Waals surface area contributed by atoms with Gasteiger partial charge in [0, 0.05) is 15.3 Å². The summed E-state index contributed by atoms with van der Waals surface area (Å²) in [5.41, 5.74) is 2.20. The van der Waals surface area contributed by atoms with Gasteiger partial charge in [-0.2, -0.15) is 0 Å². The van der Waals surface area contributed by atoms with Gasteiger partial charge in [-0.15, -0.1) is 22.9 Å². The fourth-order valence-electron chi connectivity index (χ4n) is 1.86. The van der Waals surface area contributed by atoms with Gasteiger partial charge < -0.3 is 4.74 Å². The molecule has 96 valence electrons. The van der Waals surface area contributed by atoms with Crippen LogP contribution in [-0.4, -0.2) is 0 Å². The first-order valence-corrected chi connectivity index (χ1v) is 7.44. The summed E-state index contributed by atoms with van der Waals surface area (Å²) in [7, 11) is 0. The Hall–Kier alpha value is -0.990. The van der Waals surface area contributed by atoms with Crippen LogP contribution in [0.25, 0.3) is 0 Å². The Morgan fingerprint density at radius 3 is 2.61 bits per heavy atom. The lowest BCUT2D eigenvalue weighted by Crippen LogP contribution is -1.98. The molecule has 0 bridgehead atoms. The molecular weight excluding hydrogens is 264 g/mol. The number of para-hydroxylation sites is 1. The summed E-state index contributed by atoms with van der Waals surface area (Å²) in [6, 6.07) is 10.4. The second-order valence-electron chi connectivity index (χ2n) is 4.21. The molecule has 2 rings (SSSR count). The monoisotopic (exact) mass is 280 g/mol. The van der Waals surface area contributed by atoms with Crippen molar-refractivity contribution in [2.24, 2.45) is 0 Å². The zero-order valence-corrected chi connectivity index (χ0v) is 12.3. The normalized spacial score (nSPS) is 10.6. The van der Waals surface area contributed by atoms with E-state index in [9.17, 15) is 0 Å². The Balaban J connectivity index is 2.10. The smallest absolute Gasteiger partial charge is 0.127 e. The standard InChI is InChI=1S/C15H17ClOS/c1-3-13-7-8-14(18-13)10-17-15-11(2)5-4-6-12(15)9-16/h4-8H,3,9-10H2,1-2H3.